The number of fused-ring (bicyclic) bond motifs is 1. The van der Waals surface area contributed by atoms with Crippen molar-refractivity contribution in [1.82, 2.24) is 10.6 Å². The first-order chi connectivity index (χ1) is 11.5. The van der Waals surface area contributed by atoms with Gasteiger partial charge in [-0.15, -0.1) is 0 Å². The fourth-order valence-electron chi connectivity index (χ4n) is 3.93. The lowest BCUT2D eigenvalue weighted by Gasteiger charge is -2.54. The first-order valence-electron chi connectivity index (χ1n) is 8.80. The third kappa shape index (κ3) is 3.36. The number of hydrogen-bond donors (Lipinski definition) is 2. The summed E-state index contributed by atoms with van der Waals surface area (Å²) in [7, 11) is 1.81. The molecule has 2 N–H and O–H groups in total. The number of ether oxygens (including phenoxy) is 2. The maximum atomic E-state index is 5.85. The smallest absolute Gasteiger partial charge is 0.191 e. The van der Waals surface area contributed by atoms with E-state index in [0.717, 1.165) is 24.7 Å². The Morgan fingerprint density at radius 1 is 1.33 bits per heavy atom. The van der Waals surface area contributed by atoms with Crippen LogP contribution in [-0.4, -0.2) is 44.9 Å². The lowest BCUT2D eigenvalue weighted by molar-refractivity contribution is -0.106. The normalized spacial score (nSPS) is 28.0. The molecule has 5 nitrogen and oxygen atoms in total. The average molecular weight is 331 g/mol. The second-order valence-electron chi connectivity index (χ2n) is 7.35. The molecule has 3 rings (SSSR count). The molecule has 0 spiro atoms. The molecule has 5 heteroatoms. The van der Waals surface area contributed by atoms with Crippen molar-refractivity contribution in [3.8, 4) is 5.75 Å². The van der Waals surface area contributed by atoms with Gasteiger partial charge in [-0.3, -0.25) is 4.99 Å². The van der Waals surface area contributed by atoms with Crippen molar-refractivity contribution in [1.29, 1.82) is 0 Å². The van der Waals surface area contributed by atoms with Crippen LogP contribution in [0.25, 0.3) is 0 Å². The Labute approximate surface area is 144 Å². The molecular weight excluding hydrogens is 302 g/mol. The van der Waals surface area contributed by atoms with Crippen molar-refractivity contribution >= 4 is 5.96 Å². The maximum absolute atomic E-state index is 5.85. The zero-order valence-electron chi connectivity index (χ0n) is 15.1. The number of aryl methyl sites for hydroxylation is 1. The van der Waals surface area contributed by atoms with E-state index < -0.39 is 0 Å². The van der Waals surface area contributed by atoms with Crippen molar-refractivity contribution in [2.75, 3.05) is 26.8 Å². The summed E-state index contributed by atoms with van der Waals surface area (Å²) < 4.78 is 11.6. The number of benzene rings is 1. The number of aliphatic imine (C=N–C) groups is 1. The summed E-state index contributed by atoms with van der Waals surface area (Å²) in [6.45, 7) is 8.81. The zero-order valence-corrected chi connectivity index (χ0v) is 15.1. The molecule has 3 atom stereocenters. The Kier molecular flexibility index (Phi) is 4.99. The van der Waals surface area contributed by atoms with Crippen LogP contribution in [0.2, 0.25) is 0 Å². The van der Waals surface area contributed by atoms with Gasteiger partial charge in [-0.05, 0) is 25.5 Å². The average Bonchev–Trinajstić information content (AvgIpc) is 3.03. The summed E-state index contributed by atoms with van der Waals surface area (Å²) in [5, 5.41) is 6.92. The molecule has 132 valence electrons. The van der Waals surface area contributed by atoms with Crippen LogP contribution in [0.1, 0.15) is 25.8 Å². The fourth-order valence-corrected chi connectivity index (χ4v) is 3.93. The van der Waals surface area contributed by atoms with Crippen LogP contribution in [-0.2, 0) is 4.74 Å². The second-order valence-corrected chi connectivity index (χ2v) is 7.35. The topological polar surface area (TPSA) is 54.9 Å². The van der Waals surface area contributed by atoms with Gasteiger partial charge in [-0.1, -0.05) is 31.5 Å². The lowest BCUT2D eigenvalue weighted by Crippen LogP contribution is -2.68. The van der Waals surface area contributed by atoms with Crippen LogP contribution in [0.4, 0.5) is 0 Å². The summed E-state index contributed by atoms with van der Waals surface area (Å²) in [5.74, 6) is 2.34. The minimum Gasteiger partial charge on any atom is -0.492 e. The number of guanidine groups is 1. The predicted molar refractivity (Wildman–Crippen MR) is 96.6 cm³/mol. The van der Waals surface area contributed by atoms with Crippen LogP contribution in [0.15, 0.2) is 29.3 Å². The van der Waals surface area contributed by atoms with Crippen LogP contribution >= 0.6 is 0 Å². The molecule has 0 bridgehead atoms. The molecule has 1 aromatic rings. The van der Waals surface area contributed by atoms with Crippen LogP contribution in [0.5, 0.6) is 5.75 Å². The van der Waals surface area contributed by atoms with E-state index in [0.29, 0.717) is 31.2 Å². The van der Waals surface area contributed by atoms with Gasteiger partial charge in [0.05, 0.1) is 12.6 Å². The molecule has 1 aliphatic heterocycles. The summed E-state index contributed by atoms with van der Waals surface area (Å²) in [4.78, 5) is 4.34. The van der Waals surface area contributed by atoms with Gasteiger partial charge in [0, 0.05) is 31.0 Å². The zero-order chi connectivity index (χ0) is 17.2. The first-order valence-corrected chi connectivity index (χ1v) is 8.80. The van der Waals surface area contributed by atoms with E-state index in [1.165, 1.54) is 5.56 Å². The van der Waals surface area contributed by atoms with E-state index in [1.54, 1.807) is 0 Å². The summed E-state index contributed by atoms with van der Waals surface area (Å²) in [5.41, 5.74) is 1.39. The summed E-state index contributed by atoms with van der Waals surface area (Å²) in [6, 6.07) is 8.53. The molecule has 1 aliphatic carbocycles. The SMILES string of the molecule is CN=C(NCCOc1ccc(C)cc1)NC1C2CCOC2C1(C)C. The lowest BCUT2D eigenvalue weighted by atomic mass is 9.57. The Morgan fingerprint density at radius 2 is 2.08 bits per heavy atom. The van der Waals surface area contributed by atoms with Gasteiger partial charge in [0.25, 0.3) is 0 Å². The number of nitrogens with zero attached hydrogens (tertiary/aromatic N) is 1. The van der Waals surface area contributed by atoms with Gasteiger partial charge >= 0.3 is 0 Å². The summed E-state index contributed by atoms with van der Waals surface area (Å²) in [6.07, 6.45) is 1.53. The molecule has 1 saturated heterocycles. The highest BCUT2D eigenvalue weighted by Crippen LogP contribution is 2.52. The van der Waals surface area contributed by atoms with Gasteiger partial charge in [0.1, 0.15) is 12.4 Å². The minimum atomic E-state index is 0.150. The molecule has 2 aliphatic rings. The number of rotatable bonds is 5. The van der Waals surface area contributed by atoms with Crippen LogP contribution in [0.3, 0.4) is 0 Å². The largest absolute Gasteiger partial charge is 0.492 e. The van der Waals surface area contributed by atoms with Crippen molar-refractivity contribution in [2.45, 2.75) is 39.3 Å². The number of hydrogen-bond acceptors (Lipinski definition) is 3. The molecule has 1 heterocycles. The Bertz CT molecular complexity index is 583. The van der Waals surface area contributed by atoms with E-state index in [-0.39, 0.29) is 5.41 Å². The molecule has 2 fully saturated rings. The van der Waals surface area contributed by atoms with Gasteiger partial charge < -0.3 is 20.1 Å². The van der Waals surface area contributed by atoms with Gasteiger partial charge in [0.15, 0.2) is 5.96 Å². The van der Waals surface area contributed by atoms with Crippen molar-refractivity contribution in [2.24, 2.45) is 16.3 Å². The molecule has 1 saturated carbocycles. The fraction of sp³-hybridized carbons (Fsp3) is 0.632. The first kappa shape index (κ1) is 17.1. The van der Waals surface area contributed by atoms with Crippen LogP contribution < -0.4 is 15.4 Å². The molecule has 0 aromatic heterocycles. The van der Waals surface area contributed by atoms with Gasteiger partial charge in [-0.25, -0.2) is 0 Å². The Morgan fingerprint density at radius 3 is 2.79 bits per heavy atom. The highest BCUT2D eigenvalue weighted by Gasteiger charge is 2.59. The van der Waals surface area contributed by atoms with E-state index in [2.05, 4.69) is 48.5 Å². The third-order valence-corrected chi connectivity index (χ3v) is 5.30. The Balaban J connectivity index is 1.43. The highest BCUT2D eigenvalue weighted by molar-refractivity contribution is 5.80. The molecular formula is C19H29N3O2. The van der Waals surface area contributed by atoms with E-state index in [9.17, 15) is 0 Å². The Hall–Kier alpha value is -1.75. The quantitative estimate of drug-likeness (QED) is 0.494. The standard InChI is InChI=1S/C19H29N3O2/c1-13-5-7-14(8-6-13)23-12-10-21-18(20-4)22-16-15-9-11-24-17(15)19(16,2)3/h5-8,15-17H,9-12H2,1-4H3,(H2,20,21,22). The number of nitrogens with one attached hydrogen (secondary N) is 2. The molecule has 1 aromatic carbocycles. The minimum absolute atomic E-state index is 0.150. The molecule has 24 heavy (non-hydrogen) atoms. The third-order valence-electron chi connectivity index (χ3n) is 5.30. The molecule has 0 amide bonds. The van der Waals surface area contributed by atoms with E-state index >= 15 is 0 Å². The van der Waals surface area contributed by atoms with Crippen molar-refractivity contribution in [3.63, 3.8) is 0 Å². The van der Waals surface area contributed by atoms with Crippen molar-refractivity contribution < 1.29 is 9.47 Å². The highest BCUT2D eigenvalue weighted by atomic mass is 16.5. The monoisotopic (exact) mass is 331 g/mol. The van der Waals surface area contributed by atoms with E-state index in [4.69, 9.17) is 9.47 Å². The molecule has 0 radical (unpaired) electrons. The van der Waals surface area contributed by atoms with E-state index in [1.807, 2.05) is 19.2 Å². The van der Waals surface area contributed by atoms with Crippen molar-refractivity contribution in [3.05, 3.63) is 29.8 Å². The summed E-state index contributed by atoms with van der Waals surface area (Å²) >= 11 is 0. The van der Waals surface area contributed by atoms with Gasteiger partial charge in [0.2, 0.25) is 0 Å². The second kappa shape index (κ2) is 7.01. The predicted octanol–water partition coefficient (Wildman–Crippen LogP) is 2.35. The molecule has 3 unspecified atom stereocenters. The maximum Gasteiger partial charge on any atom is 0.191 e. The van der Waals surface area contributed by atoms with Crippen LogP contribution in [0, 0.1) is 18.3 Å². The van der Waals surface area contributed by atoms with Gasteiger partial charge in [-0.2, -0.15) is 0 Å².